The molecule has 16 heavy (non-hydrogen) atoms. The quantitative estimate of drug-likeness (QED) is 0.902. The molecular formula is C12H13BrN2O. The summed E-state index contributed by atoms with van der Waals surface area (Å²) in [6.07, 6.45) is 2.34. The summed E-state index contributed by atoms with van der Waals surface area (Å²) in [5.74, 6) is 0.115. The number of nitrogens with one attached hydrogen (secondary N) is 1. The van der Waals surface area contributed by atoms with E-state index in [1.807, 2.05) is 24.4 Å². The minimum absolute atomic E-state index is 0.115. The van der Waals surface area contributed by atoms with Gasteiger partial charge in [0.1, 0.15) is 0 Å². The van der Waals surface area contributed by atoms with Crippen molar-refractivity contribution in [2.45, 2.75) is 6.42 Å². The molecule has 1 aromatic carbocycles. The second-order valence-corrected chi connectivity index (χ2v) is 4.88. The summed E-state index contributed by atoms with van der Waals surface area (Å²) in [5.41, 5.74) is 2.09. The third kappa shape index (κ3) is 2.11. The Morgan fingerprint density at radius 1 is 1.44 bits per heavy atom. The average Bonchev–Trinajstić information content (AvgIpc) is 2.60. The summed E-state index contributed by atoms with van der Waals surface area (Å²) in [4.78, 5) is 16.4. The molecule has 2 aromatic rings. The van der Waals surface area contributed by atoms with Crippen molar-refractivity contribution < 1.29 is 4.79 Å². The highest BCUT2D eigenvalue weighted by Crippen LogP contribution is 2.22. The number of amides is 1. The number of fused-ring (bicyclic) bond motifs is 1. The van der Waals surface area contributed by atoms with Gasteiger partial charge in [-0.05, 0) is 17.7 Å². The van der Waals surface area contributed by atoms with Gasteiger partial charge in [0.05, 0.1) is 6.42 Å². The zero-order valence-electron chi connectivity index (χ0n) is 9.25. The van der Waals surface area contributed by atoms with Crippen molar-refractivity contribution in [2.24, 2.45) is 0 Å². The lowest BCUT2D eigenvalue weighted by molar-refractivity contribution is -0.127. The molecule has 4 heteroatoms. The summed E-state index contributed by atoms with van der Waals surface area (Å²) < 4.78 is 1.03. The number of carbonyl (C=O) groups excluding carboxylic acids is 1. The number of aromatic amines is 1. The molecule has 0 aliphatic heterocycles. The zero-order chi connectivity index (χ0) is 11.7. The van der Waals surface area contributed by atoms with Crippen molar-refractivity contribution in [3.63, 3.8) is 0 Å². The number of likely N-dealkylation sites (N-methyl/N-ethyl adjacent to an activating group) is 1. The summed E-state index contributed by atoms with van der Waals surface area (Å²) in [7, 11) is 3.54. The molecule has 0 spiro atoms. The molecule has 1 N–H and O–H groups in total. The van der Waals surface area contributed by atoms with Gasteiger partial charge in [0.2, 0.25) is 5.91 Å². The maximum absolute atomic E-state index is 11.6. The SMILES string of the molecule is CN(C)C(=O)Cc1c[nH]c2cc(Br)ccc12. The predicted octanol–water partition coefficient (Wildman–Crippen LogP) is 2.56. The number of H-pyrrole nitrogens is 1. The van der Waals surface area contributed by atoms with Crippen molar-refractivity contribution in [1.29, 1.82) is 0 Å². The maximum atomic E-state index is 11.6. The molecule has 0 atom stereocenters. The fourth-order valence-corrected chi connectivity index (χ4v) is 1.99. The zero-order valence-corrected chi connectivity index (χ0v) is 10.8. The van der Waals surface area contributed by atoms with Gasteiger partial charge in [-0.3, -0.25) is 4.79 Å². The minimum atomic E-state index is 0.115. The lowest BCUT2D eigenvalue weighted by atomic mass is 10.1. The molecule has 1 amide bonds. The Hall–Kier alpha value is -1.29. The van der Waals surface area contributed by atoms with Crippen LogP contribution in [0.4, 0.5) is 0 Å². The lowest BCUT2D eigenvalue weighted by Gasteiger charge is -2.09. The summed E-state index contributed by atoms with van der Waals surface area (Å²) in [5, 5.41) is 1.11. The van der Waals surface area contributed by atoms with Crippen molar-refractivity contribution in [3.05, 3.63) is 34.4 Å². The summed E-state index contributed by atoms with van der Waals surface area (Å²) in [6, 6.07) is 6.02. The van der Waals surface area contributed by atoms with E-state index in [0.717, 1.165) is 20.9 Å². The molecule has 84 valence electrons. The number of nitrogens with zero attached hydrogens (tertiary/aromatic N) is 1. The van der Waals surface area contributed by atoms with Crippen LogP contribution >= 0.6 is 15.9 Å². The molecule has 0 aliphatic carbocycles. The van der Waals surface area contributed by atoms with E-state index in [0.29, 0.717) is 6.42 Å². The van der Waals surface area contributed by atoms with Crippen LogP contribution in [0.1, 0.15) is 5.56 Å². The molecule has 0 aliphatic rings. The van der Waals surface area contributed by atoms with Crippen molar-refractivity contribution >= 4 is 32.7 Å². The van der Waals surface area contributed by atoms with Gasteiger partial charge in [-0.15, -0.1) is 0 Å². The molecule has 1 heterocycles. The first-order chi connectivity index (χ1) is 7.58. The van der Waals surface area contributed by atoms with Crippen LogP contribution in [0.15, 0.2) is 28.9 Å². The van der Waals surface area contributed by atoms with Gasteiger partial charge >= 0.3 is 0 Å². The van der Waals surface area contributed by atoms with E-state index >= 15 is 0 Å². The highest BCUT2D eigenvalue weighted by molar-refractivity contribution is 9.10. The molecule has 0 unspecified atom stereocenters. The van der Waals surface area contributed by atoms with E-state index in [1.165, 1.54) is 0 Å². The number of benzene rings is 1. The van der Waals surface area contributed by atoms with Gasteiger partial charge in [0, 0.05) is 35.7 Å². The van der Waals surface area contributed by atoms with Gasteiger partial charge in [0.25, 0.3) is 0 Å². The maximum Gasteiger partial charge on any atom is 0.226 e. The Bertz CT molecular complexity index is 531. The van der Waals surface area contributed by atoms with Gasteiger partial charge < -0.3 is 9.88 Å². The molecule has 0 fully saturated rings. The third-order valence-corrected chi connectivity index (χ3v) is 3.06. The van der Waals surface area contributed by atoms with Crippen LogP contribution in [-0.2, 0) is 11.2 Å². The van der Waals surface area contributed by atoms with Gasteiger partial charge in [-0.1, -0.05) is 22.0 Å². The van der Waals surface area contributed by atoms with Crippen molar-refractivity contribution in [1.82, 2.24) is 9.88 Å². The Morgan fingerprint density at radius 2 is 2.19 bits per heavy atom. The van der Waals surface area contributed by atoms with Crippen LogP contribution in [0.3, 0.4) is 0 Å². The highest BCUT2D eigenvalue weighted by atomic mass is 79.9. The number of hydrogen-bond donors (Lipinski definition) is 1. The first kappa shape index (κ1) is 11.2. The van der Waals surface area contributed by atoms with Crippen molar-refractivity contribution in [3.8, 4) is 0 Å². The Kier molecular flexibility index (Phi) is 3.01. The number of halogens is 1. The highest BCUT2D eigenvalue weighted by Gasteiger charge is 2.10. The molecule has 2 rings (SSSR count). The fraction of sp³-hybridized carbons (Fsp3) is 0.250. The van der Waals surface area contributed by atoms with Gasteiger partial charge in [-0.2, -0.15) is 0 Å². The molecule has 0 saturated carbocycles. The molecule has 0 bridgehead atoms. The largest absolute Gasteiger partial charge is 0.361 e. The van der Waals surface area contributed by atoms with E-state index in [9.17, 15) is 4.79 Å². The smallest absolute Gasteiger partial charge is 0.226 e. The molecule has 3 nitrogen and oxygen atoms in total. The van der Waals surface area contributed by atoms with Crippen LogP contribution < -0.4 is 0 Å². The predicted molar refractivity (Wildman–Crippen MR) is 68.4 cm³/mol. The number of carbonyl (C=O) groups is 1. The Labute approximate surface area is 103 Å². The standard InChI is InChI=1S/C12H13BrN2O/c1-15(2)12(16)5-8-7-14-11-6-9(13)3-4-10(8)11/h3-4,6-7,14H,5H2,1-2H3. The number of hydrogen-bond acceptors (Lipinski definition) is 1. The topological polar surface area (TPSA) is 36.1 Å². The normalized spacial score (nSPS) is 10.7. The van der Waals surface area contributed by atoms with E-state index in [-0.39, 0.29) is 5.91 Å². The lowest BCUT2D eigenvalue weighted by Crippen LogP contribution is -2.23. The summed E-state index contributed by atoms with van der Waals surface area (Å²) >= 11 is 3.42. The van der Waals surface area contributed by atoms with E-state index in [1.54, 1.807) is 19.0 Å². The first-order valence-electron chi connectivity index (χ1n) is 5.03. The monoisotopic (exact) mass is 280 g/mol. The van der Waals surface area contributed by atoms with Gasteiger partial charge in [0.15, 0.2) is 0 Å². The summed E-state index contributed by atoms with van der Waals surface area (Å²) in [6.45, 7) is 0. The van der Waals surface area contributed by atoms with Crippen LogP contribution in [0, 0.1) is 0 Å². The molecule has 0 radical (unpaired) electrons. The first-order valence-corrected chi connectivity index (χ1v) is 5.83. The second-order valence-electron chi connectivity index (χ2n) is 3.97. The molecular weight excluding hydrogens is 268 g/mol. The van der Waals surface area contributed by atoms with E-state index in [2.05, 4.69) is 20.9 Å². The molecule has 0 saturated heterocycles. The Morgan fingerprint density at radius 3 is 2.88 bits per heavy atom. The van der Waals surface area contributed by atoms with Crippen molar-refractivity contribution in [2.75, 3.05) is 14.1 Å². The van der Waals surface area contributed by atoms with E-state index in [4.69, 9.17) is 0 Å². The third-order valence-electron chi connectivity index (χ3n) is 2.57. The van der Waals surface area contributed by atoms with Crippen LogP contribution in [0.2, 0.25) is 0 Å². The van der Waals surface area contributed by atoms with Crippen LogP contribution in [0.5, 0.6) is 0 Å². The van der Waals surface area contributed by atoms with Crippen LogP contribution in [0.25, 0.3) is 10.9 Å². The second kappa shape index (κ2) is 4.29. The van der Waals surface area contributed by atoms with Gasteiger partial charge in [-0.25, -0.2) is 0 Å². The number of aromatic nitrogens is 1. The molecule has 1 aromatic heterocycles. The Balaban J connectivity index is 2.35. The van der Waals surface area contributed by atoms with Crippen LogP contribution in [-0.4, -0.2) is 29.9 Å². The number of rotatable bonds is 2. The fourth-order valence-electron chi connectivity index (χ4n) is 1.63. The van der Waals surface area contributed by atoms with E-state index < -0.39 is 0 Å². The average molecular weight is 281 g/mol. The minimum Gasteiger partial charge on any atom is -0.361 e.